The van der Waals surface area contributed by atoms with Crippen LogP contribution < -0.4 is 10.2 Å². The lowest BCUT2D eigenvalue weighted by Gasteiger charge is -2.22. The van der Waals surface area contributed by atoms with E-state index < -0.39 is 40.8 Å². The Balaban J connectivity index is 2.07. The summed E-state index contributed by atoms with van der Waals surface area (Å²) < 4.78 is 53.2. The van der Waals surface area contributed by atoms with Crippen molar-refractivity contribution < 1.29 is 27.2 Å². The van der Waals surface area contributed by atoms with Gasteiger partial charge in [0.1, 0.15) is 5.82 Å². The predicted octanol–water partition coefficient (Wildman–Crippen LogP) is 3.03. The van der Waals surface area contributed by atoms with Crippen LogP contribution >= 0.6 is 0 Å². The van der Waals surface area contributed by atoms with Crippen LogP contribution in [-0.4, -0.2) is 24.9 Å². The molecule has 2 amide bonds. The molecule has 0 saturated heterocycles. The topological polar surface area (TPSA) is 49.4 Å². The van der Waals surface area contributed by atoms with E-state index >= 15 is 0 Å². The lowest BCUT2D eigenvalue weighted by molar-refractivity contribution is -0.116. The second kappa shape index (κ2) is 7.78. The van der Waals surface area contributed by atoms with Gasteiger partial charge in [0.05, 0.1) is 5.69 Å². The van der Waals surface area contributed by atoms with Crippen LogP contribution in [0.15, 0.2) is 36.4 Å². The monoisotopic (exact) mass is 354 g/mol. The maximum Gasteiger partial charge on any atom is 0.251 e. The molecule has 0 fully saturated rings. The number of carbonyl (C=O) groups excluding carboxylic acids is 2. The first-order valence-electron chi connectivity index (χ1n) is 7.26. The fraction of sp³-hybridized carbons (Fsp3) is 0.176. The molecule has 4 nitrogen and oxygen atoms in total. The molecule has 0 saturated carbocycles. The van der Waals surface area contributed by atoms with E-state index in [-0.39, 0.29) is 18.7 Å². The Hall–Kier alpha value is -2.90. The standard InChI is InChI=1S/C17H14F4N2O2/c1-10(24)23(14-6-5-13(19)15(20)16(14)21)8-7-22-17(25)11-3-2-4-12(18)9-11/h2-6,9H,7-8H2,1H3,(H,22,25). The van der Waals surface area contributed by atoms with Crippen LogP contribution in [0, 0.1) is 23.3 Å². The minimum Gasteiger partial charge on any atom is -0.350 e. The maximum atomic E-state index is 13.8. The number of nitrogens with zero attached hydrogens (tertiary/aromatic N) is 1. The van der Waals surface area contributed by atoms with Crippen molar-refractivity contribution in [3.8, 4) is 0 Å². The lowest BCUT2D eigenvalue weighted by Crippen LogP contribution is -2.38. The molecule has 2 aromatic rings. The number of amides is 2. The third-order valence-electron chi connectivity index (χ3n) is 3.39. The average molecular weight is 354 g/mol. The summed E-state index contributed by atoms with van der Waals surface area (Å²) in [5, 5.41) is 2.44. The van der Waals surface area contributed by atoms with E-state index in [9.17, 15) is 27.2 Å². The van der Waals surface area contributed by atoms with Gasteiger partial charge in [-0.25, -0.2) is 17.6 Å². The number of anilines is 1. The fourth-order valence-corrected chi connectivity index (χ4v) is 2.18. The van der Waals surface area contributed by atoms with Crippen molar-refractivity contribution in [1.82, 2.24) is 5.32 Å². The van der Waals surface area contributed by atoms with Gasteiger partial charge in [-0.05, 0) is 30.3 Å². The van der Waals surface area contributed by atoms with Crippen molar-refractivity contribution in [2.24, 2.45) is 0 Å². The highest BCUT2D eigenvalue weighted by Gasteiger charge is 2.21. The number of hydrogen-bond acceptors (Lipinski definition) is 2. The summed E-state index contributed by atoms with van der Waals surface area (Å²) in [6, 6.07) is 6.62. The van der Waals surface area contributed by atoms with Gasteiger partial charge in [0.2, 0.25) is 5.91 Å². The van der Waals surface area contributed by atoms with Gasteiger partial charge in [0.25, 0.3) is 5.91 Å². The highest BCUT2D eigenvalue weighted by Crippen LogP contribution is 2.23. The molecule has 8 heteroatoms. The first-order chi connectivity index (χ1) is 11.8. The zero-order valence-corrected chi connectivity index (χ0v) is 13.2. The van der Waals surface area contributed by atoms with Crippen LogP contribution in [0.1, 0.15) is 17.3 Å². The van der Waals surface area contributed by atoms with E-state index in [4.69, 9.17) is 0 Å². The van der Waals surface area contributed by atoms with Gasteiger partial charge in [0.15, 0.2) is 17.5 Å². The lowest BCUT2D eigenvalue weighted by atomic mass is 10.2. The van der Waals surface area contributed by atoms with Gasteiger partial charge < -0.3 is 10.2 Å². The van der Waals surface area contributed by atoms with Crippen LogP contribution in [0.3, 0.4) is 0 Å². The van der Waals surface area contributed by atoms with Crippen LogP contribution in [0.5, 0.6) is 0 Å². The average Bonchev–Trinajstić information content (AvgIpc) is 2.57. The third-order valence-corrected chi connectivity index (χ3v) is 3.39. The molecule has 0 aliphatic carbocycles. The van der Waals surface area contributed by atoms with E-state index in [1.165, 1.54) is 18.2 Å². The molecule has 2 rings (SSSR count). The summed E-state index contributed by atoms with van der Waals surface area (Å²) in [6.45, 7) is 0.834. The quantitative estimate of drug-likeness (QED) is 0.663. The molecule has 0 radical (unpaired) electrons. The number of benzene rings is 2. The second-order valence-corrected chi connectivity index (χ2v) is 5.13. The molecule has 0 bridgehead atoms. The summed E-state index contributed by atoms with van der Waals surface area (Å²) in [5.74, 6) is -6.34. The molecule has 132 valence electrons. The highest BCUT2D eigenvalue weighted by molar-refractivity contribution is 5.94. The molecule has 25 heavy (non-hydrogen) atoms. The van der Waals surface area contributed by atoms with Gasteiger partial charge in [0, 0.05) is 25.6 Å². The van der Waals surface area contributed by atoms with Gasteiger partial charge in [-0.2, -0.15) is 0 Å². The van der Waals surface area contributed by atoms with E-state index in [1.54, 1.807) is 0 Å². The predicted molar refractivity (Wildman–Crippen MR) is 83.1 cm³/mol. The molecular weight excluding hydrogens is 340 g/mol. The molecule has 2 aromatic carbocycles. The molecule has 0 spiro atoms. The van der Waals surface area contributed by atoms with Crippen molar-refractivity contribution in [3.63, 3.8) is 0 Å². The zero-order valence-electron chi connectivity index (χ0n) is 13.2. The Bertz CT molecular complexity index is 811. The molecule has 0 atom stereocenters. The summed E-state index contributed by atoms with van der Waals surface area (Å²) >= 11 is 0. The zero-order chi connectivity index (χ0) is 18.6. The second-order valence-electron chi connectivity index (χ2n) is 5.13. The Morgan fingerprint density at radius 1 is 1.04 bits per heavy atom. The van der Waals surface area contributed by atoms with Crippen molar-refractivity contribution >= 4 is 17.5 Å². The number of halogens is 4. The van der Waals surface area contributed by atoms with Crippen molar-refractivity contribution in [1.29, 1.82) is 0 Å². The fourth-order valence-electron chi connectivity index (χ4n) is 2.18. The molecule has 0 heterocycles. The summed E-state index contributed by atoms with van der Waals surface area (Å²) in [4.78, 5) is 24.4. The Labute approximate surface area is 141 Å². The Kier molecular flexibility index (Phi) is 5.74. The highest BCUT2D eigenvalue weighted by atomic mass is 19.2. The van der Waals surface area contributed by atoms with Crippen molar-refractivity contribution in [2.75, 3.05) is 18.0 Å². The Morgan fingerprint density at radius 3 is 2.40 bits per heavy atom. The third kappa shape index (κ3) is 4.34. The minimum atomic E-state index is -1.69. The van der Waals surface area contributed by atoms with Crippen LogP contribution in [-0.2, 0) is 4.79 Å². The molecule has 0 unspecified atom stereocenters. The first-order valence-corrected chi connectivity index (χ1v) is 7.26. The van der Waals surface area contributed by atoms with Crippen LogP contribution in [0.25, 0.3) is 0 Å². The van der Waals surface area contributed by atoms with E-state index in [1.807, 2.05) is 0 Å². The first kappa shape index (κ1) is 18.4. The smallest absolute Gasteiger partial charge is 0.251 e. The summed E-state index contributed by atoms with van der Waals surface area (Å²) in [7, 11) is 0. The van der Waals surface area contributed by atoms with Crippen LogP contribution in [0.2, 0.25) is 0 Å². The number of carbonyl (C=O) groups is 2. The van der Waals surface area contributed by atoms with Crippen molar-refractivity contribution in [3.05, 3.63) is 65.2 Å². The van der Waals surface area contributed by atoms with Gasteiger partial charge in [-0.3, -0.25) is 9.59 Å². The molecule has 0 aliphatic heterocycles. The molecule has 0 aromatic heterocycles. The SMILES string of the molecule is CC(=O)N(CCNC(=O)c1cccc(F)c1)c1ccc(F)c(F)c1F. The van der Waals surface area contributed by atoms with Gasteiger partial charge in [-0.15, -0.1) is 0 Å². The number of rotatable bonds is 5. The van der Waals surface area contributed by atoms with E-state index in [0.29, 0.717) is 6.07 Å². The van der Waals surface area contributed by atoms with E-state index in [0.717, 1.165) is 24.0 Å². The summed E-state index contributed by atoms with van der Waals surface area (Å²) in [5.41, 5.74) is -0.361. The van der Waals surface area contributed by atoms with Gasteiger partial charge >= 0.3 is 0 Å². The minimum absolute atomic E-state index is 0.0772. The van der Waals surface area contributed by atoms with E-state index in [2.05, 4.69) is 5.32 Å². The van der Waals surface area contributed by atoms with Crippen LogP contribution in [0.4, 0.5) is 23.2 Å². The normalized spacial score (nSPS) is 10.4. The van der Waals surface area contributed by atoms with Gasteiger partial charge in [-0.1, -0.05) is 6.07 Å². The molecule has 0 aliphatic rings. The molecular formula is C17H14F4N2O2. The number of nitrogens with one attached hydrogen (secondary N) is 1. The number of hydrogen-bond donors (Lipinski definition) is 1. The molecule has 1 N–H and O–H groups in total. The summed E-state index contributed by atoms with van der Waals surface area (Å²) in [6.07, 6.45) is 0. The largest absolute Gasteiger partial charge is 0.350 e. The Morgan fingerprint density at radius 2 is 1.76 bits per heavy atom. The maximum absolute atomic E-state index is 13.8. The van der Waals surface area contributed by atoms with Crippen molar-refractivity contribution in [2.45, 2.75) is 6.92 Å².